The van der Waals surface area contributed by atoms with E-state index in [9.17, 15) is 5.11 Å². The predicted molar refractivity (Wildman–Crippen MR) is 63.8 cm³/mol. The smallest absolute Gasteiger partial charge is 0.160 e. The first-order valence-electron chi connectivity index (χ1n) is 5.89. The highest BCUT2D eigenvalue weighted by molar-refractivity contribution is 5.41. The maximum atomic E-state index is 9.47. The zero-order valence-electron chi connectivity index (χ0n) is 9.70. The molecule has 0 atom stereocenters. The second-order valence-electron chi connectivity index (χ2n) is 4.37. The van der Waals surface area contributed by atoms with Crippen molar-refractivity contribution in [2.24, 2.45) is 0 Å². The van der Waals surface area contributed by atoms with Gasteiger partial charge >= 0.3 is 0 Å². The molecule has 0 spiro atoms. The number of nitrogens with one attached hydrogen (secondary N) is 1. The summed E-state index contributed by atoms with van der Waals surface area (Å²) in [6, 6.07) is 6.17. The van der Waals surface area contributed by atoms with Crippen LogP contribution in [0.3, 0.4) is 0 Å². The van der Waals surface area contributed by atoms with Crippen molar-refractivity contribution in [3.05, 3.63) is 23.8 Å². The minimum absolute atomic E-state index is 0.201. The average Bonchev–Trinajstić information content (AvgIpc) is 2.81. The summed E-state index contributed by atoms with van der Waals surface area (Å²) in [7, 11) is 1.57. The summed E-state index contributed by atoms with van der Waals surface area (Å²) in [4.78, 5) is 0. The predicted octanol–water partition coefficient (Wildman–Crippen LogP) is 2.43. The van der Waals surface area contributed by atoms with E-state index >= 15 is 0 Å². The Morgan fingerprint density at radius 2 is 2.12 bits per heavy atom. The Labute approximate surface area is 96.4 Å². The Morgan fingerprint density at radius 3 is 2.81 bits per heavy atom. The molecule has 16 heavy (non-hydrogen) atoms. The van der Waals surface area contributed by atoms with Crippen LogP contribution in [0.4, 0.5) is 0 Å². The lowest BCUT2D eigenvalue weighted by atomic mass is 10.1. The summed E-state index contributed by atoms with van der Waals surface area (Å²) in [6.07, 6.45) is 5.26. The van der Waals surface area contributed by atoms with Crippen molar-refractivity contribution in [3.8, 4) is 11.5 Å². The van der Waals surface area contributed by atoms with Crippen molar-refractivity contribution in [2.45, 2.75) is 38.3 Å². The van der Waals surface area contributed by atoms with Crippen LogP contribution in [0.15, 0.2) is 18.2 Å². The summed E-state index contributed by atoms with van der Waals surface area (Å²) in [5.74, 6) is 0.748. The standard InChI is InChI=1S/C13H19NO2/c1-16-13-8-10(6-7-12(13)15)9-14-11-4-2-3-5-11/h6-8,11,14-15H,2-5,9H2,1H3. The third-order valence-electron chi connectivity index (χ3n) is 3.19. The van der Waals surface area contributed by atoms with Gasteiger partial charge in [0.1, 0.15) is 0 Å². The molecule has 0 aliphatic heterocycles. The molecule has 0 radical (unpaired) electrons. The highest BCUT2D eigenvalue weighted by atomic mass is 16.5. The molecule has 3 nitrogen and oxygen atoms in total. The molecule has 0 heterocycles. The van der Waals surface area contributed by atoms with E-state index in [4.69, 9.17) is 4.74 Å². The number of rotatable bonds is 4. The fraction of sp³-hybridized carbons (Fsp3) is 0.538. The Balaban J connectivity index is 1.93. The lowest BCUT2D eigenvalue weighted by molar-refractivity contribution is 0.372. The average molecular weight is 221 g/mol. The monoisotopic (exact) mass is 221 g/mol. The molecule has 3 heteroatoms. The van der Waals surface area contributed by atoms with E-state index < -0.39 is 0 Å². The van der Waals surface area contributed by atoms with E-state index in [1.165, 1.54) is 25.7 Å². The van der Waals surface area contributed by atoms with E-state index in [0.29, 0.717) is 11.8 Å². The number of methoxy groups -OCH3 is 1. The fourth-order valence-corrected chi connectivity index (χ4v) is 2.22. The van der Waals surface area contributed by atoms with E-state index in [1.807, 2.05) is 12.1 Å². The number of hydrogen-bond donors (Lipinski definition) is 2. The van der Waals surface area contributed by atoms with Crippen LogP contribution < -0.4 is 10.1 Å². The number of ether oxygens (including phenoxy) is 1. The van der Waals surface area contributed by atoms with Crippen molar-refractivity contribution in [3.63, 3.8) is 0 Å². The number of aromatic hydroxyl groups is 1. The van der Waals surface area contributed by atoms with Gasteiger partial charge < -0.3 is 15.2 Å². The Hall–Kier alpha value is -1.22. The molecule has 0 bridgehead atoms. The van der Waals surface area contributed by atoms with E-state index in [-0.39, 0.29) is 5.75 Å². The second-order valence-corrected chi connectivity index (χ2v) is 4.37. The summed E-state index contributed by atoms with van der Waals surface area (Å²) in [6.45, 7) is 0.849. The summed E-state index contributed by atoms with van der Waals surface area (Å²) < 4.78 is 5.08. The first kappa shape index (κ1) is 11.3. The van der Waals surface area contributed by atoms with Gasteiger partial charge in [-0.25, -0.2) is 0 Å². The Kier molecular flexibility index (Phi) is 3.67. The molecule has 2 rings (SSSR count). The second kappa shape index (κ2) is 5.21. The van der Waals surface area contributed by atoms with Gasteiger partial charge in [0.25, 0.3) is 0 Å². The molecule has 88 valence electrons. The minimum Gasteiger partial charge on any atom is -0.504 e. The van der Waals surface area contributed by atoms with Crippen LogP contribution in [0.2, 0.25) is 0 Å². The molecule has 1 aliphatic rings. The molecule has 2 N–H and O–H groups in total. The molecule has 1 fully saturated rings. The minimum atomic E-state index is 0.201. The van der Waals surface area contributed by atoms with Crippen molar-refractivity contribution in [1.82, 2.24) is 5.32 Å². The highest BCUT2D eigenvalue weighted by Gasteiger charge is 2.14. The lowest BCUT2D eigenvalue weighted by Crippen LogP contribution is -2.25. The van der Waals surface area contributed by atoms with Gasteiger partial charge in [-0.3, -0.25) is 0 Å². The zero-order chi connectivity index (χ0) is 11.4. The van der Waals surface area contributed by atoms with Crippen molar-refractivity contribution >= 4 is 0 Å². The molecule has 0 amide bonds. The number of benzene rings is 1. The maximum absolute atomic E-state index is 9.47. The van der Waals surface area contributed by atoms with Crippen LogP contribution in [0.25, 0.3) is 0 Å². The van der Waals surface area contributed by atoms with Gasteiger partial charge in [0.05, 0.1) is 7.11 Å². The van der Waals surface area contributed by atoms with Crippen LogP contribution in [-0.2, 0) is 6.54 Å². The Bertz CT molecular complexity index is 346. The van der Waals surface area contributed by atoms with E-state index in [2.05, 4.69) is 5.32 Å². The lowest BCUT2D eigenvalue weighted by Gasteiger charge is -2.12. The number of phenolic OH excluding ortho intramolecular Hbond substituents is 1. The van der Waals surface area contributed by atoms with Crippen LogP contribution >= 0.6 is 0 Å². The fourth-order valence-electron chi connectivity index (χ4n) is 2.22. The van der Waals surface area contributed by atoms with Crippen LogP contribution in [0, 0.1) is 0 Å². The number of hydrogen-bond acceptors (Lipinski definition) is 3. The topological polar surface area (TPSA) is 41.5 Å². The van der Waals surface area contributed by atoms with Gasteiger partial charge in [0.15, 0.2) is 11.5 Å². The molecule has 1 aliphatic carbocycles. The van der Waals surface area contributed by atoms with Crippen molar-refractivity contribution in [1.29, 1.82) is 0 Å². The summed E-state index contributed by atoms with van der Waals surface area (Å²) in [5.41, 5.74) is 1.15. The quantitative estimate of drug-likeness (QED) is 0.820. The molecule has 1 saturated carbocycles. The SMILES string of the molecule is COc1cc(CNC2CCCC2)ccc1O. The van der Waals surface area contributed by atoms with E-state index in [0.717, 1.165) is 12.1 Å². The van der Waals surface area contributed by atoms with Gasteiger partial charge in [-0.05, 0) is 30.5 Å². The van der Waals surface area contributed by atoms with Crippen LogP contribution in [0.5, 0.6) is 11.5 Å². The molecule has 0 aromatic heterocycles. The van der Waals surface area contributed by atoms with Crippen LogP contribution in [0.1, 0.15) is 31.2 Å². The number of phenols is 1. The van der Waals surface area contributed by atoms with E-state index in [1.54, 1.807) is 13.2 Å². The molecular weight excluding hydrogens is 202 g/mol. The van der Waals surface area contributed by atoms with Gasteiger partial charge in [-0.1, -0.05) is 18.9 Å². The van der Waals surface area contributed by atoms with Crippen molar-refractivity contribution < 1.29 is 9.84 Å². The van der Waals surface area contributed by atoms with Crippen LogP contribution in [-0.4, -0.2) is 18.3 Å². The summed E-state index contributed by atoms with van der Waals surface area (Å²) >= 11 is 0. The molecule has 0 saturated heterocycles. The highest BCUT2D eigenvalue weighted by Crippen LogP contribution is 2.26. The van der Waals surface area contributed by atoms with Gasteiger partial charge in [-0.2, -0.15) is 0 Å². The molecular formula is C13H19NO2. The zero-order valence-corrected chi connectivity index (χ0v) is 9.70. The molecule has 0 unspecified atom stereocenters. The van der Waals surface area contributed by atoms with Gasteiger partial charge in [0, 0.05) is 12.6 Å². The summed E-state index contributed by atoms with van der Waals surface area (Å²) in [5, 5.41) is 13.0. The van der Waals surface area contributed by atoms with Crippen molar-refractivity contribution in [2.75, 3.05) is 7.11 Å². The van der Waals surface area contributed by atoms with Gasteiger partial charge in [-0.15, -0.1) is 0 Å². The third-order valence-corrected chi connectivity index (χ3v) is 3.19. The van der Waals surface area contributed by atoms with Gasteiger partial charge in [0.2, 0.25) is 0 Å². The molecule has 1 aromatic carbocycles. The molecule has 1 aromatic rings. The largest absolute Gasteiger partial charge is 0.504 e. The maximum Gasteiger partial charge on any atom is 0.160 e. The normalized spacial score (nSPS) is 16.6. The first-order chi connectivity index (χ1) is 7.79. The first-order valence-corrected chi connectivity index (χ1v) is 5.89. The third kappa shape index (κ3) is 2.67. The Morgan fingerprint density at radius 1 is 1.38 bits per heavy atom.